The van der Waals surface area contributed by atoms with Crippen molar-refractivity contribution < 1.29 is 19.7 Å². The minimum absolute atomic E-state index is 0.126. The monoisotopic (exact) mass is 201 g/mol. The van der Waals surface area contributed by atoms with E-state index in [9.17, 15) is 4.79 Å². The lowest BCUT2D eigenvalue weighted by Crippen LogP contribution is -2.33. The molecular formula is C9H15NO4. The van der Waals surface area contributed by atoms with Crippen LogP contribution in [0, 0.1) is 16.7 Å². The van der Waals surface area contributed by atoms with Crippen LogP contribution in [0.3, 0.4) is 0 Å². The van der Waals surface area contributed by atoms with Crippen LogP contribution < -0.4 is 0 Å². The first-order valence-corrected chi connectivity index (χ1v) is 4.37. The van der Waals surface area contributed by atoms with Gasteiger partial charge in [0.2, 0.25) is 0 Å². The van der Waals surface area contributed by atoms with Crippen molar-refractivity contribution in [3.8, 4) is 6.07 Å². The van der Waals surface area contributed by atoms with Gasteiger partial charge in [-0.2, -0.15) is 5.26 Å². The largest absolute Gasteiger partial charge is 0.465 e. The quantitative estimate of drug-likeness (QED) is 0.602. The summed E-state index contributed by atoms with van der Waals surface area (Å²) in [6, 6.07) is 1.78. The molecule has 0 radical (unpaired) electrons. The Morgan fingerprint density at radius 2 is 2.29 bits per heavy atom. The molecule has 0 saturated heterocycles. The maximum atomic E-state index is 11.3. The fraction of sp³-hybridized carbons (Fsp3) is 0.778. The third-order valence-corrected chi connectivity index (χ3v) is 1.83. The first-order chi connectivity index (χ1) is 6.50. The zero-order chi connectivity index (χ0) is 11.2. The van der Waals surface area contributed by atoms with Crippen LogP contribution in [0.2, 0.25) is 0 Å². The van der Waals surface area contributed by atoms with Crippen molar-refractivity contribution in [2.24, 2.45) is 5.41 Å². The second-order valence-electron chi connectivity index (χ2n) is 3.20. The highest BCUT2D eigenvalue weighted by molar-refractivity contribution is 5.79. The third-order valence-electron chi connectivity index (χ3n) is 1.83. The minimum atomic E-state index is -1.39. The molecule has 2 N–H and O–H groups in total. The number of aliphatic hydroxyl groups excluding tert-OH is 2. The van der Waals surface area contributed by atoms with Gasteiger partial charge in [0.25, 0.3) is 0 Å². The number of nitriles is 1. The lowest BCUT2D eigenvalue weighted by atomic mass is 9.86. The van der Waals surface area contributed by atoms with Crippen LogP contribution in [0.5, 0.6) is 0 Å². The summed E-state index contributed by atoms with van der Waals surface area (Å²) < 4.78 is 4.69. The summed E-state index contributed by atoms with van der Waals surface area (Å²) in [6.07, 6.45) is -1.21. The average molecular weight is 201 g/mol. The molecule has 0 spiro atoms. The number of esters is 1. The van der Waals surface area contributed by atoms with Crippen molar-refractivity contribution in [3.05, 3.63) is 0 Å². The number of nitrogens with zero attached hydrogens (tertiary/aromatic N) is 1. The molecule has 0 aromatic rings. The van der Waals surface area contributed by atoms with Crippen LogP contribution in [0.1, 0.15) is 20.3 Å². The molecule has 0 aliphatic carbocycles. The smallest absolute Gasteiger partial charge is 0.326 e. The van der Waals surface area contributed by atoms with Crippen molar-refractivity contribution >= 4 is 5.97 Å². The SMILES string of the molecule is CCOC(=O)C(C)(C#N)CC(O)CO. The van der Waals surface area contributed by atoms with Gasteiger partial charge in [0.15, 0.2) is 5.41 Å². The Labute approximate surface area is 82.9 Å². The fourth-order valence-electron chi connectivity index (χ4n) is 1.00. The van der Waals surface area contributed by atoms with Gasteiger partial charge in [-0.25, -0.2) is 0 Å². The first kappa shape index (κ1) is 12.9. The van der Waals surface area contributed by atoms with Gasteiger partial charge in [-0.15, -0.1) is 0 Å². The summed E-state index contributed by atoms with van der Waals surface area (Å²) >= 11 is 0. The highest BCUT2D eigenvalue weighted by Gasteiger charge is 2.37. The standard InChI is InChI=1S/C9H15NO4/c1-3-14-8(13)9(2,6-10)4-7(12)5-11/h7,11-12H,3-5H2,1-2H3. The number of carbonyl (C=O) groups is 1. The Morgan fingerprint density at radius 1 is 1.71 bits per heavy atom. The average Bonchev–Trinajstić information content (AvgIpc) is 2.17. The van der Waals surface area contributed by atoms with E-state index in [0.717, 1.165) is 0 Å². The molecule has 5 nitrogen and oxygen atoms in total. The van der Waals surface area contributed by atoms with E-state index in [2.05, 4.69) is 4.74 Å². The van der Waals surface area contributed by atoms with Gasteiger partial charge >= 0.3 is 5.97 Å². The first-order valence-electron chi connectivity index (χ1n) is 4.37. The van der Waals surface area contributed by atoms with E-state index >= 15 is 0 Å². The van der Waals surface area contributed by atoms with E-state index < -0.39 is 24.1 Å². The van der Waals surface area contributed by atoms with E-state index in [1.807, 2.05) is 0 Å². The molecule has 0 saturated carbocycles. The summed E-state index contributed by atoms with van der Waals surface area (Å²) in [5, 5.41) is 26.5. The van der Waals surface area contributed by atoms with Gasteiger partial charge in [0.05, 0.1) is 25.4 Å². The van der Waals surface area contributed by atoms with Crippen LogP contribution in [0.15, 0.2) is 0 Å². The Bertz CT molecular complexity index is 235. The lowest BCUT2D eigenvalue weighted by Gasteiger charge is -2.21. The molecule has 0 aliphatic rings. The number of hydrogen-bond acceptors (Lipinski definition) is 5. The molecule has 0 aliphatic heterocycles. The molecule has 0 rings (SSSR count). The van der Waals surface area contributed by atoms with Gasteiger partial charge in [0.1, 0.15) is 0 Å². The molecule has 0 aromatic heterocycles. The Morgan fingerprint density at radius 3 is 2.64 bits per heavy atom. The molecule has 0 fully saturated rings. The minimum Gasteiger partial charge on any atom is -0.465 e. The van der Waals surface area contributed by atoms with Crippen LogP contribution in [0.25, 0.3) is 0 Å². The lowest BCUT2D eigenvalue weighted by molar-refractivity contribution is -0.152. The maximum Gasteiger partial charge on any atom is 0.326 e. The molecule has 14 heavy (non-hydrogen) atoms. The highest BCUT2D eigenvalue weighted by atomic mass is 16.5. The number of ether oxygens (including phenoxy) is 1. The highest BCUT2D eigenvalue weighted by Crippen LogP contribution is 2.24. The molecule has 5 heteroatoms. The van der Waals surface area contributed by atoms with Gasteiger partial charge < -0.3 is 14.9 Å². The number of carbonyl (C=O) groups excluding carboxylic acids is 1. The van der Waals surface area contributed by atoms with Crippen molar-refractivity contribution in [3.63, 3.8) is 0 Å². The van der Waals surface area contributed by atoms with Crippen molar-refractivity contribution in [1.29, 1.82) is 5.26 Å². The second kappa shape index (κ2) is 5.58. The molecule has 0 heterocycles. The molecule has 80 valence electrons. The van der Waals surface area contributed by atoms with Gasteiger partial charge in [-0.3, -0.25) is 4.79 Å². The summed E-state index contributed by atoms with van der Waals surface area (Å²) in [6.45, 7) is 2.73. The van der Waals surface area contributed by atoms with E-state index in [1.165, 1.54) is 6.92 Å². The topological polar surface area (TPSA) is 90.6 Å². The van der Waals surface area contributed by atoms with Crippen LogP contribution in [-0.2, 0) is 9.53 Å². The van der Waals surface area contributed by atoms with Crippen LogP contribution >= 0.6 is 0 Å². The van der Waals surface area contributed by atoms with Gasteiger partial charge in [-0.05, 0) is 13.8 Å². The normalized spacial score (nSPS) is 16.5. The summed E-state index contributed by atoms with van der Waals surface area (Å²) in [5.41, 5.74) is -1.39. The van der Waals surface area contributed by atoms with Crippen LogP contribution in [0.4, 0.5) is 0 Å². The maximum absolute atomic E-state index is 11.3. The van der Waals surface area contributed by atoms with Crippen molar-refractivity contribution in [2.75, 3.05) is 13.2 Å². The Kier molecular flexibility index (Phi) is 5.13. The van der Waals surface area contributed by atoms with Crippen molar-refractivity contribution in [1.82, 2.24) is 0 Å². The molecular weight excluding hydrogens is 186 g/mol. The second-order valence-corrected chi connectivity index (χ2v) is 3.20. The molecule has 0 amide bonds. The third kappa shape index (κ3) is 3.32. The van der Waals surface area contributed by atoms with E-state index in [-0.39, 0.29) is 13.0 Å². The van der Waals surface area contributed by atoms with Crippen molar-refractivity contribution in [2.45, 2.75) is 26.4 Å². The summed E-state index contributed by atoms with van der Waals surface area (Å²) in [7, 11) is 0. The Hall–Kier alpha value is -1.12. The molecule has 2 atom stereocenters. The molecule has 0 aromatic carbocycles. The van der Waals surface area contributed by atoms with E-state index in [0.29, 0.717) is 0 Å². The fourth-order valence-corrected chi connectivity index (χ4v) is 1.00. The zero-order valence-electron chi connectivity index (χ0n) is 8.36. The number of rotatable bonds is 5. The zero-order valence-corrected chi connectivity index (χ0v) is 8.36. The molecule has 0 bridgehead atoms. The van der Waals surface area contributed by atoms with E-state index in [1.54, 1.807) is 13.0 Å². The number of hydrogen-bond donors (Lipinski definition) is 2. The van der Waals surface area contributed by atoms with Gasteiger partial charge in [-0.1, -0.05) is 0 Å². The predicted molar refractivity (Wildman–Crippen MR) is 48.1 cm³/mol. The number of aliphatic hydroxyl groups is 2. The van der Waals surface area contributed by atoms with Gasteiger partial charge in [0, 0.05) is 6.42 Å². The summed E-state index contributed by atoms with van der Waals surface area (Å²) in [4.78, 5) is 11.3. The van der Waals surface area contributed by atoms with E-state index in [4.69, 9.17) is 15.5 Å². The molecule has 2 unspecified atom stereocenters. The Balaban J connectivity index is 4.48. The summed E-state index contributed by atoms with van der Waals surface area (Å²) in [5.74, 6) is -0.671. The van der Waals surface area contributed by atoms with Crippen LogP contribution in [-0.4, -0.2) is 35.5 Å². The predicted octanol–water partition coefficient (Wildman–Crippen LogP) is -0.177.